The second-order valence-electron chi connectivity index (χ2n) is 23.8. The molecule has 368 valence electrons. The van der Waals surface area contributed by atoms with Crippen LogP contribution in [-0.2, 0) is 9.59 Å². The number of aliphatic hydroxyl groups is 2. The van der Waals surface area contributed by atoms with E-state index in [1.165, 1.54) is 92.1 Å². The van der Waals surface area contributed by atoms with Gasteiger partial charge < -0.3 is 10.2 Å². The van der Waals surface area contributed by atoms with Gasteiger partial charge in [-0.2, -0.15) is 0 Å². The van der Waals surface area contributed by atoms with Gasteiger partial charge in [0.1, 0.15) is 11.2 Å². The molecule has 0 aromatic rings. The van der Waals surface area contributed by atoms with Gasteiger partial charge in [-0.15, -0.1) is 12.8 Å². The largest absolute Gasteiger partial charge is 0.377 e. The Bertz CT molecular complexity index is 2130. The minimum absolute atomic E-state index is 0.103. The van der Waals surface area contributed by atoms with Crippen molar-refractivity contribution in [2.45, 2.75) is 187 Å². The van der Waals surface area contributed by atoms with Crippen LogP contribution in [0.25, 0.3) is 0 Å². The fourth-order valence-electron chi connectivity index (χ4n) is 16.2. The number of carbonyl (C=O) groups excluding carboxylic acids is 2. The SMILES string of the molecule is C#C[C@]1(O)CCC2C3CCC4=CC(=O)CC[C@@H]4C3CC[C@@]21C.C#C[C@]1(O)CCC[C@H]1C.C=CC1=CCC2C3CCC4=CC(=O)CC[C@@H]4C3CC[C@]12C.C=CC1=CCC[C@H]1C.C=CC1=CCC[C@H]1C. The molecule has 2 N–H and O–H groups in total. The van der Waals surface area contributed by atoms with Crippen LogP contribution in [0.2, 0.25) is 0 Å². The molecule has 0 aromatic carbocycles. The van der Waals surface area contributed by atoms with Crippen molar-refractivity contribution in [3.8, 4) is 24.7 Å². The number of rotatable bonds is 3. The molecule has 0 bridgehead atoms. The topological polar surface area (TPSA) is 74.6 Å². The molecule has 0 radical (unpaired) electrons. The molecule has 0 heterocycles. The van der Waals surface area contributed by atoms with Gasteiger partial charge in [-0.25, -0.2) is 0 Å². The first kappa shape index (κ1) is 52.1. The third kappa shape index (κ3) is 10.2. The second-order valence-corrected chi connectivity index (χ2v) is 23.8. The number of hydrogen-bond donors (Lipinski definition) is 2. The molecule has 11 aliphatic rings. The maximum absolute atomic E-state index is 11.7. The van der Waals surface area contributed by atoms with Crippen molar-refractivity contribution in [2.24, 2.45) is 75.9 Å². The summed E-state index contributed by atoms with van der Waals surface area (Å²) in [4.78, 5) is 23.4. The summed E-state index contributed by atoms with van der Waals surface area (Å²) in [5.41, 5.74) is 5.89. The van der Waals surface area contributed by atoms with Gasteiger partial charge in [0.05, 0.1) is 0 Å². The predicted octanol–water partition coefficient (Wildman–Crippen LogP) is 14.6. The van der Waals surface area contributed by atoms with Crippen LogP contribution in [0, 0.1) is 101 Å². The molecule has 0 aliphatic heterocycles. The lowest BCUT2D eigenvalue weighted by atomic mass is 9.50. The molecular formula is C64H88O4. The normalized spacial score (nSPS) is 42.4. The molecule has 15 atom stereocenters. The van der Waals surface area contributed by atoms with E-state index in [0.717, 1.165) is 113 Å². The van der Waals surface area contributed by atoms with Crippen LogP contribution in [0.4, 0.5) is 0 Å². The molecule has 6 unspecified atom stereocenters. The van der Waals surface area contributed by atoms with E-state index < -0.39 is 11.2 Å². The van der Waals surface area contributed by atoms with Gasteiger partial charge in [-0.1, -0.05) is 114 Å². The van der Waals surface area contributed by atoms with Crippen LogP contribution >= 0.6 is 0 Å². The van der Waals surface area contributed by atoms with E-state index in [0.29, 0.717) is 46.6 Å². The van der Waals surface area contributed by atoms with Crippen molar-refractivity contribution in [3.05, 3.63) is 96.2 Å². The molecule has 68 heavy (non-hydrogen) atoms. The summed E-state index contributed by atoms with van der Waals surface area (Å²) in [7, 11) is 0. The highest BCUT2D eigenvalue weighted by atomic mass is 16.3. The van der Waals surface area contributed by atoms with Crippen LogP contribution in [0.5, 0.6) is 0 Å². The highest BCUT2D eigenvalue weighted by Gasteiger charge is 2.62. The Balaban J connectivity index is 0.000000136. The van der Waals surface area contributed by atoms with Crippen LogP contribution in [0.3, 0.4) is 0 Å². The number of ketones is 2. The van der Waals surface area contributed by atoms with Crippen LogP contribution < -0.4 is 0 Å². The molecule has 0 spiro atoms. The maximum atomic E-state index is 11.7. The standard InChI is InChI=1S/C20H26O2.C20H26O.C8H12O.2C8H12/c1-3-20(22)11-9-18-17-6-4-13-12-14(21)5-7-15(13)16(17)8-10-19(18,20)2;1-3-14-5-9-19-18-7-4-13-12-15(21)6-8-16(13)17(18)10-11-20(14,19)2;1-3-8(9)6-4-5-7(8)2;2*1-3-8-6-4-5-7(8)2/h1,12,15-18,22H,4-11H2,2H3;3,5,12,16-19H,1,4,6-11H2,2H3;1,7,9H,4-6H2,2H3;2*3,6-7H,1,4-5H2,2H3/t15-,16?,17?,18?,19-,20-;16-,17?,18?,19?,20+;7-,8+;2*7-/m00111/s1. The average Bonchev–Trinajstić information content (AvgIpc) is 4.17. The van der Waals surface area contributed by atoms with Crippen LogP contribution in [-0.4, -0.2) is 33.0 Å². The fraction of sp³-hybridized carbons (Fsp3) is 0.656. The summed E-state index contributed by atoms with van der Waals surface area (Å²) in [6.45, 7) is 22.7. The van der Waals surface area contributed by atoms with Crippen LogP contribution in [0.1, 0.15) is 176 Å². The number of hydrogen-bond acceptors (Lipinski definition) is 4. The first-order valence-electron chi connectivity index (χ1n) is 27.3. The summed E-state index contributed by atoms with van der Waals surface area (Å²) in [5, 5.41) is 20.5. The summed E-state index contributed by atoms with van der Waals surface area (Å²) in [6.07, 6.45) is 52.3. The minimum atomic E-state index is -0.902. The van der Waals surface area contributed by atoms with E-state index in [2.05, 4.69) is 83.6 Å². The van der Waals surface area contributed by atoms with Gasteiger partial charge >= 0.3 is 0 Å². The Morgan fingerprint density at radius 2 is 1.15 bits per heavy atom. The first-order chi connectivity index (χ1) is 32.5. The zero-order valence-corrected chi connectivity index (χ0v) is 43.0. The van der Waals surface area contributed by atoms with E-state index in [1.807, 2.05) is 31.2 Å². The quantitative estimate of drug-likeness (QED) is 0.277. The van der Waals surface area contributed by atoms with Gasteiger partial charge in [-0.05, 0) is 228 Å². The Hall–Kier alpha value is -3.70. The highest BCUT2D eigenvalue weighted by molar-refractivity contribution is 5.91. The zero-order valence-electron chi connectivity index (χ0n) is 43.0. The molecule has 4 nitrogen and oxygen atoms in total. The van der Waals surface area contributed by atoms with Crippen molar-refractivity contribution in [2.75, 3.05) is 0 Å². The molecule has 0 aromatic heterocycles. The molecule has 0 saturated heterocycles. The maximum Gasteiger partial charge on any atom is 0.155 e. The Morgan fingerprint density at radius 1 is 0.603 bits per heavy atom. The van der Waals surface area contributed by atoms with Gasteiger partial charge in [0.2, 0.25) is 0 Å². The summed E-state index contributed by atoms with van der Waals surface area (Å²) in [5.74, 6) is 13.6. The Morgan fingerprint density at radius 3 is 1.57 bits per heavy atom. The molecule has 6 fully saturated rings. The van der Waals surface area contributed by atoms with Gasteiger partial charge in [0.25, 0.3) is 0 Å². The molecule has 0 amide bonds. The average molecular weight is 921 g/mol. The smallest absolute Gasteiger partial charge is 0.155 e. The molecule has 11 aliphatic carbocycles. The van der Waals surface area contributed by atoms with Gasteiger partial charge in [0.15, 0.2) is 11.6 Å². The highest BCUT2D eigenvalue weighted by Crippen LogP contribution is 2.65. The minimum Gasteiger partial charge on any atom is -0.377 e. The van der Waals surface area contributed by atoms with E-state index >= 15 is 0 Å². The van der Waals surface area contributed by atoms with Crippen molar-refractivity contribution in [1.29, 1.82) is 0 Å². The molecule has 11 rings (SSSR count). The lowest BCUT2D eigenvalue weighted by molar-refractivity contribution is -0.117. The van der Waals surface area contributed by atoms with E-state index in [1.54, 1.807) is 0 Å². The van der Waals surface area contributed by atoms with E-state index in [-0.39, 0.29) is 5.41 Å². The molecule has 4 heteroatoms. The third-order valence-electron chi connectivity index (χ3n) is 20.7. The first-order valence-corrected chi connectivity index (χ1v) is 27.3. The molecular weight excluding hydrogens is 833 g/mol. The van der Waals surface area contributed by atoms with E-state index in [9.17, 15) is 19.8 Å². The lowest BCUT2D eigenvalue weighted by Gasteiger charge is -2.54. The summed E-state index contributed by atoms with van der Waals surface area (Å²) in [6, 6.07) is 0. The van der Waals surface area contributed by atoms with Crippen molar-refractivity contribution >= 4 is 11.6 Å². The van der Waals surface area contributed by atoms with Crippen molar-refractivity contribution < 1.29 is 19.8 Å². The third-order valence-corrected chi connectivity index (χ3v) is 20.7. The van der Waals surface area contributed by atoms with Gasteiger partial charge in [-0.3, -0.25) is 9.59 Å². The molecule has 6 saturated carbocycles. The number of fused-ring (bicyclic) bond motifs is 10. The number of terminal acetylenes is 2. The Labute approximate surface area is 413 Å². The van der Waals surface area contributed by atoms with Crippen molar-refractivity contribution in [3.63, 3.8) is 0 Å². The monoisotopic (exact) mass is 921 g/mol. The van der Waals surface area contributed by atoms with Gasteiger partial charge in [0, 0.05) is 18.3 Å². The zero-order chi connectivity index (χ0) is 49.0. The Kier molecular flexibility index (Phi) is 16.7. The van der Waals surface area contributed by atoms with E-state index in [4.69, 9.17) is 12.8 Å². The second kappa shape index (κ2) is 21.7. The number of allylic oxidation sites excluding steroid dienone is 12. The summed E-state index contributed by atoms with van der Waals surface area (Å²) < 4.78 is 0. The fourth-order valence-corrected chi connectivity index (χ4v) is 16.2. The lowest BCUT2D eigenvalue weighted by Crippen LogP contribution is -2.52. The summed E-state index contributed by atoms with van der Waals surface area (Å²) >= 11 is 0. The van der Waals surface area contributed by atoms with Crippen LogP contribution in [0.15, 0.2) is 96.2 Å². The van der Waals surface area contributed by atoms with Crippen molar-refractivity contribution in [1.82, 2.24) is 0 Å². The predicted molar refractivity (Wildman–Crippen MR) is 282 cm³/mol. The number of carbonyl (C=O) groups is 2.